The lowest BCUT2D eigenvalue weighted by molar-refractivity contribution is -0.115. The number of carbonyl (C=O) groups is 2. The number of nitrogens with two attached hydrogens (primary N) is 1. The minimum atomic E-state index is -0.479. The molecule has 4 N–H and O–H groups in total. The predicted molar refractivity (Wildman–Crippen MR) is 98.3 cm³/mol. The summed E-state index contributed by atoms with van der Waals surface area (Å²) in [5, 5.41) is 14.7. The molecule has 0 aliphatic heterocycles. The number of aryl methyl sites for hydroxylation is 1. The van der Waals surface area contributed by atoms with E-state index in [1.165, 1.54) is 34.4 Å². The molecule has 0 saturated carbocycles. The summed E-state index contributed by atoms with van der Waals surface area (Å²) in [6.07, 6.45) is 2.83. The standard InChI is InChI=1S/C14H17N5O2S3/c1-6(22-14-19-18-13(16-2)24-14)11(21)17-12-9(10(15)20)7-4-3-5-8(7)23-12/h6H,3-5H2,1-2H3,(H2,15,20)(H,16,18)(H,17,21)/t6-/m1/s1. The second-order valence-corrected chi connectivity index (χ2v) is 8.97. The van der Waals surface area contributed by atoms with E-state index < -0.39 is 5.91 Å². The summed E-state index contributed by atoms with van der Waals surface area (Å²) in [6.45, 7) is 1.80. The fraction of sp³-hybridized carbons (Fsp3) is 0.429. The van der Waals surface area contributed by atoms with Crippen LogP contribution in [0.5, 0.6) is 0 Å². The van der Waals surface area contributed by atoms with Gasteiger partial charge in [0.2, 0.25) is 11.0 Å². The van der Waals surface area contributed by atoms with Crippen LogP contribution in [0.2, 0.25) is 0 Å². The molecule has 7 nitrogen and oxygen atoms in total. The van der Waals surface area contributed by atoms with Crippen molar-refractivity contribution in [3.8, 4) is 0 Å². The first-order chi connectivity index (χ1) is 11.5. The first-order valence-electron chi connectivity index (χ1n) is 7.42. The Labute approximate surface area is 151 Å². The van der Waals surface area contributed by atoms with Crippen LogP contribution in [0.3, 0.4) is 0 Å². The molecule has 1 atom stereocenters. The largest absolute Gasteiger partial charge is 0.365 e. The maximum Gasteiger partial charge on any atom is 0.251 e. The van der Waals surface area contributed by atoms with Crippen molar-refractivity contribution in [2.45, 2.75) is 35.8 Å². The molecule has 2 amide bonds. The van der Waals surface area contributed by atoms with E-state index in [0.29, 0.717) is 20.0 Å². The normalized spacial score (nSPS) is 14.2. The van der Waals surface area contributed by atoms with Crippen molar-refractivity contribution >= 4 is 56.4 Å². The van der Waals surface area contributed by atoms with Gasteiger partial charge < -0.3 is 16.4 Å². The molecule has 0 spiro atoms. The number of hydrogen-bond donors (Lipinski definition) is 3. The zero-order valence-electron chi connectivity index (χ0n) is 13.2. The Balaban J connectivity index is 1.71. The molecule has 2 aromatic rings. The molecule has 3 rings (SSSR count). The Morgan fingerprint density at radius 2 is 2.08 bits per heavy atom. The number of thioether (sulfide) groups is 1. The van der Waals surface area contributed by atoms with Crippen molar-refractivity contribution in [2.24, 2.45) is 5.73 Å². The fourth-order valence-corrected chi connectivity index (χ4v) is 5.68. The Morgan fingerprint density at radius 1 is 1.29 bits per heavy atom. The summed E-state index contributed by atoms with van der Waals surface area (Å²) in [5.74, 6) is -0.656. The lowest BCUT2D eigenvalue weighted by Crippen LogP contribution is -2.24. The van der Waals surface area contributed by atoms with E-state index in [1.54, 1.807) is 14.0 Å². The minimum absolute atomic E-state index is 0.177. The van der Waals surface area contributed by atoms with Crippen LogP contribution in [0.4, 0.5) is 10.1 Å². The Kier molecular flexibility index (Phi) is 5.07. The third-order valence-corrected chi connectivity index (χ3v) is 7.00. The monoisotopic (exact) mass is 383 g/mol. The van der Waals surface area contributed by atoms with E-state index in [4.69, 9.17) is 5.73 Å². The van der Waals surface area contributed by atoms with Crippen molar-refractivity contribution in [1.82, 2.24) is 10.2 Å². The number of amides is 2. The first kappa shape index (κ1) is 17.2. The van der Waals surface area contributed by atoms with Gasteiger partial charge >= 0.3 is 0 Å². The van der Waals surface area contributed by atoms with Crippen LogP contribution in [0, 0.1) is 0 Å². The smallest absolute Gasteiger partial charge is 0.251 e. The molecule has 128 valence electrons. The van der Waals surface area contributed by atoms with Crippen molar-refractivity contribution in [1.29, 1.82) is 0 Å². The minimum Gasteiger partial charge on any atom is -0.365 e. The summed E-state index contributed by atoms with van der Waals surface area (Å²) in [7, 11) is 1.77. The summed E-state index contributed by atoms with van der Waals surface area (Å²) < 4.78 is 0.714. The Bertz CT molecular complexity index is 785. The predicted octanol–water partition coefficient (Wildman–Crippen LogP) is 2.35. The lowest BCUT2D eigenvalue weighted by Gasteiger charge is -2.10. The number of nitrogens with zero attached hydrogens (tertiary/aromatic N) is 2. The topological polar surface area (TPSA) is 110 Å². The first-order valence-corrected chi connectivity index (χ1v) is 9.94. The molecule has 2 aromatic heterocycles. The van der Waals surface area contributed by atoms with Crippen LogP contribution >= 0.6 is 34.4 Å². The number of fused-ring (bicyclic) bond motifs is 1. The molecule has 0 bridgehead atoms. The second kappa shape index (κ2) is 7.08. The van der Waals surface area contributed by atoms with Crippen LogP contribution < -0.4 is 16.4 Å². The molecule has 0 fully saturated rings. The van der Waals surface area contributed by atoms with Crippen LogP contribution in [-0.2, 0) is 17.6 Å². The van der Waals surface area contributed by atoms with Gasteiger partial charge in [0.15, 0.2) is 4.34 Å². The number of rotatable bonds is 6. The molecular formula is C14H17N5O2S3. The number of hydrogen-bond acceptors (Lipinski definition) is 8. The molecule has 0 aromatic carbocycles. The van der Waals surface area contributed by atoms with E-state index in [-0.39, 0.29) is 11.2 Å². The summed E-state index contributed by atoms with van der Waals surface area (Å²) in [4.78, 5) is 25.4. The van der Waals surface area contributed by atoms with Crippen molar-refractivity contribution in [3.63, 3.8) is 0 Å². The highest BCUT2D eigenvalue weighted by atomic mass is 32.2. The summed E-state index contributed by atoms with van der Waals surface area (Å²) in [5.41, 5.74) is 7.00. The van der Waals surface area contributed by atoms with Crippen LogP contribution in [-0.4, -0.2) is 34.3 Å². The molecular weight excluding hydrogens is 366 g/mol. The van der Waals surface area contributed by atoms with E-state index in [9.17, 15) is 9.59 Å². The molecule has 0 radical (unpaired) electrons. The molecule has 0 unspecified atom stereocenters. The summed E-state index contributed by atoms with van der Waals surface area (Å²) in [6, 6.07) is 0. The van der Waals surface area contributed by atoms with Gasteiger partial charge in [-0.1, -0.05) is 23.1 Å². The van der Waals surface area contributed by atoms with Crippen molar-refractivity contribution in [3.05, 3.63) is 16.0 Å². The number of carbonyl (C=O) groups excluding carboxylic acids is 2. The maximum absolute atomic E-state index is 12.5. The highest BCUT2D eigenvalue weighted by Gasteiger charge is 2.27. The number of nitrogens with one attached hydrogen (secondary N) is 2. The van der Waals surface area contributed by atoms with Gasteiger partial charge in [0.1, 0.15) is 5.00 Å². The molecule has 2 heterocycles. The third-order valence-electron chi connectivity index (χ3n) is 3.67. The van der Waals surface area contributed by atoms with Gasteiger partial charge in [0.25, 0.3) is 5.91 Å². The van der Waals surface area contributed by atoms with Gasteiger partial charge in [0, 0.05) is 11.9 Å². The van der Waals surface area contributed by atoms with Crippen LogP contribution in [0.15, 0.2) is 4.34 Å². The van der Waals surface area contributed by atoms with Gasteiger partial charge in [0.05, 0.1) is 10.8 Å². The highest BCUT2D eigenvalue weighted by Crippen LogP contribution is 2.39. The van der Waals surface area contributed by atoms with Crippen molar-refractivity contribution < 1.29 is 9.59 Å². The van der Waals surface area contributed by atoms with E-state index >= 15 is 0 Å². The van der Waals surface area contributed by atoms with Crippen molar-refractivity contribution in [2.75, 3.05) is 17.7 Å². The molecule has 1 aliphatic rings. The Morgan fingerprint density at radius 3 is 2.75 bits per heavy atom. The van der Waals surface area contributed by atoms with Crippen LogP contribution in [0.25, 0.3) is 0 Å². The number of thiophene rings is 1. The van der Waals surface area contributed by atoms with Crippen LogP contribution in [0.1, 0.15) is 34.1 Å². The number of anilines is 2. The fourth-order valence-electron chi connectivity index (χ4n) is 2.53. The number of primary amides is 1. The molecule has 10 heteroatoms. The van der Waals surface area contributed by atoms with E-state index in [1.807, 2.05) is 0 Å². The molecule has 1 aliphatic carbocycles. The van der Waals surface area contributed by atoms with E-state index in [0.717, 1.165) is 29.7 Å². The zero-order valence-corrected chi connectivity index (χ0v) is 15.7. The van der Waals surface area contributed by atoms with Gasteiger partial charge in [-0.05, 0) is 31.7 Å². The maximum atomic E-state index is 12.5. The molecule has 24 heavy (non-hydrogen) atoms. The van der Waals surface area contributed by atoms with Gasteiger partial charge in [-0.25, -0.2) is 0 Å². The average Bonchev–Trinajstić information content (AvgIpc) is 3.21. The van der Waals surface area contributed by atoms with Gasteiger partial charge in [-0.3, -0.25) is 9.59 Å². The quantitative estimate of drug-likeness (QED) is 0.661. The average molecular weight is 384 g/mol. The zero-order chi connectivity index (χ0) is 17.3. The second-order valence-electron chi connectivity index (χ2n) is 5.30. The van der Waals surface area contributed by atoms with Gasteiger partial charge in [-0.2, -0.15) is 0 Å². The highest BCUT2D eigenvalue weighted by molar-refractivity contribution is 8.02. The number of aromatic nitrogens is 2. The Hall–Kier alpha value is -1.65. The van der Waals surface area contributed by atoms with E-state index in [2.05, 4.69) is 20.8 Å². The SMILES string of the molecule is CNc1nnc(S[C@H](C)C(=O)Nc2sc3c(c2C(N)=O)CCC3)s1. The van der Waals surface area contributed by atoms with Gasteiger partial charge in [-0.15, -0.1) is 21.5 Å². The lowest BCUT2D eigenvalue weighted by atomic mass is 10.1. The molecule has 0 saturated heterocycles. The third kappa shape index (κ3) is 3.40. The summed E-state index contributed by atoms with van der Waals surface area (Å²) >= 11 is 4.18.